The number of ether oxygens (including phenoxy) is 1. The molecule has 5 nitrogen and oxygen atoms in total. The maximum absolute atomic E-state index is 13.3. The van der Waals surface area contributed by atoms with Gasteiger partial charge in [0.25, 0.3) is 0 Å². The number of allylic oxidation sites excluding steroid dienone is 1. The number of para-hydroxylation sites is 1. The van der Waals surface area contributed by atoms with Crippen LogP contribution in [0, 0.1) is 18.8 Å². The first-order chi connectivity index (χ1) is 15.3. The van der Waals surface area contributed by atoms with Gasteiger partial charge in [-0.25, -0.2) is 0 Å². The lowest BCUT2D eigenvalue weighted by Gasteiger charge is -2.35. The number of aromatic hydroxyl groups is 1. The van der Waals surface area contributed by atoms with Crippen LogP contribution < -0.4 is 4.74 Å². The fourth-order valence-corrected chi connectivity index (χ4v) is 5.51. The predicted octanol–water partition coefficient (Wildman–Crippen LogP) is 5.29. The third-order valence-electron chi connectivity index (χ3n) is 6.76. The van der Waals surface area contributed by atoms with Crippen LogP contribution in [-0.2, 0) is 13.6 Å². The number of hydrogen-bond acceptors (Lipinski definition) is 4. The number of Topliss-reactive ketones (excluding diaryl/α,β-unsaturated/α-hetero) is 1. The van der Waals surface area contributed by atoms with Gasteiger partial charge >= 0.3 is 0 Å². The summed E-state index contributed by atoms with van der Waals surface area (Å²) < 4.78 is 8.24. The highest BCUT2D eigenvalue weighted by Gasteiger charge is 2.34. The van der Waals surface area contributed by atoms with Crippen LogP contribution >= 0.6 is 0 Å². The summed E-state index contributed by atoms with van der Waals surface area (Å²) >= 11 is 0. The van der Waals surface area contributed by atoms with Crippen LogP contribution in [0.3, 0.4) is 0 Å². The Morgan fingerprint density at radius 2 is 1.91 bits per heavy atom. The van der Waals surface area contributed by atoms with E-state index in [4.69, 9.17) is 4.74 Å². The maximum Gasteiger partial charge on any atom is 0.232 e. The molecule has 1 saturated heterocycles. The largest absolute Gasteiger partial charge is 0.507 e. The first-order valence-electron chi connectivity index (χ1n) is 11.4. The molecule has 0 bridgehead atoms. The summed E-state index contributed by atoms with van der Waals surface area (Å²) in [5.41, 5.74) is 4.07. The summed E-state index contributed by atoms with van der Waals surface area (Å²) in [4.78, 5) is 15.7. The van der Waals surface area contributed by atoms with Crippen LogP contribution in [0.2, 0.25) is 0 Å². The Labute approximate surface area is 188 Å². The average Bonchev–Trinajstić information content (AvgIpc) is 3.22. The molecule has 0 radical (unpaired) electrons. The van der Waals surface area contributed by atoms with Gasteiger partial charge < -0.3 is 14.4 Å². The van der Waals surface area contributed by atoms with E-state index in [2.05, 4.69) is 35.4 Å². The van der Waals surface area contributed by atoms with Gasteiger partial charge in [0, 0.05) is 49.3 Å². The number of hydrogen-bond donors (Lipinski definition) is 1. The van der Waals surface area contributed by atoms with Crippen molar-refractivity contribution in [1.29, 1.82) is 0 Å². The number of carbonyl (C=O) groups excluding carboxylic acids is 1. The molecule has 0 amide bonds. The summed E-state index contributed by atoms with van der Waals surface area (Å²) in [5.74, 6) is 2.14. The Balaban J connectivity index is 1.53. The number of nitrogens with zero attached hydrogens (tertiary/aromatic N) is 2. The first kappa shape index (κ1) is 20.8. The number of phenols is 1. The van der Waals surface area contributed by atoms with Gasteiger partial charge in [-0.1, -0.05) is 32.0 Å². The van der Waals surface area contributed by atoms with Crippen LogP contribution in [0.1, 0.15) is 47.3 Å². The molecule has 166 valence electrons. The monoisotopic (exact) mass is 430 g/mol. The molecule has 1 aromatic heterocycles. The molecular formula is C27H30N2O3. The zero-order chi connectivity index (χ0) is 22.6. The maximum atomic E-state index is 13.3. The summed E-state index contributed by atoms with van der Waals surface area (Å²) in [6.45, 7) is 8.95. The van der Waals surface area contributed by atoms with Crippen LogP contribution in [-0.4, -0.2) is 33.4 Å². The molecule has 3 aromatic rings. The smallest absolute Gasteiger partial charge is 0.232 e. The standard InChI is InChI=1S/C27H30N2O3/c1-16-9-17(2)13-29(12-16)15-21-23(30)10-18(3)25-26(31)24(32-27(21)25)11-19-14-28(4)22-8-6-5-7-20(19)22/h5-8,10-11,14,16-17,30H,9,12-13,15H2,1-4H3/b24-11+. The third-order valence-corrected chi connectivity index (χ3v) is 6.76. The Bertz CT molecular complexity index is 1240. The molecule has 2 aromatic carbocycles. The number of piperidine rings is 1. The van der Waals surface area contributed by atoms with Gasteiger partial charge in [-0.05, 0) is 49.0 Å². The molecule has 0 aliphatic carbocycles. The average molecular weight is 431 g/mol. The second kappa shape index (κ2) is 7.82. The highest BCUT2D eigenvalue weighted by Crippen LogP contribution is 2.43. The number of aryl methyl sites for hydroxylation is 2. The molecule has 2 aliphatic heterocycles. The van der Waals surface area contributed by atoms with Crippen molar-refractivity contribution in [1.82, 2.24) is 9.47 Å². The normalized spacial score (nSPS) is 22.5. The molecule has 2 unspecified atom stereocenters. The fourth-order valence-electron chi connectivity index (χ4n) is 5.51. The molecule has 2 aliphatic rings. The zero-order valence-corrected chi connectivity index (χ0v) is 19.2. The molecule has 1 N–H and O–H groups in total. The Hall–Kier alpha value is -3.05. The van der Waals surface area contributed by atoms with Gasteiger partial charge in [-0.3, -0.25) is 9.69 Å². The minimum absolute atomic E-state index is 0.118. The number of fused-ring (bicyclic) bond motifs is 2. The topological polar surface area (TPSA) is 54.7 Å². The molecule has 5 rings (SSSR count). The molecule has 2 atom stereocenters. The van der Waals surface area contributed by atoms with Crippen molar-refractivity contribution in [3.63, 3.8) is 0 Å². The number of aromatic nitrogens is 1. The number of benzene rings is 2. The van der Waals surface area contributed by atoms with Crippen LogP contribution in [0.5, 0.6) is 11.5 Å². The summed E-state index contributed by atoms with van der Waals surface area (Å²) in [6, 6.07) is 9.82. The van der Waals surface area contributed by atoms with E-state index in [0.29, 0.717) is 41.0 Å². The van der Waals surface area contributed by atoms with Crippen molar-refractivity contribution >= 4 is 22.8 Å². The van der Waals surface area contributed by atoms with Crippen molar-refractivity contribution in [3.8, 4) is 11.5 Å². The molecular weight excluding hydrogens is 400 g/mol. The SMILES string of the molecule is Cc1cc(O)c(CN2CC(C)CC(C)C2)c2c1C(=O)/C(=C\c1cn(C)c3ccccc13)O2. The van der Waals surface area contributed by atoms with E-state index in [1.807, 2.05) is 38.4 Å². The van der Waals surface area contributed by atoms with Crippen molar-refractivity contribution in [2.45, 2.75) is 33.7 Å². The van der Waals surface area contributed by atoms with Gasteiger partial charge in [-0.15, -0.1) is 0 Å². The van der Waals surface area contributed by atoms with Gasteiger partial charge in [-0.2, -0.15) is 0 Å². The van der Waals surface area contributed by atoms with Crippen molar-refractivity contribution in [2.75, 3.05) is 13.1 Å². The van der Waals surface area contributed by atoms with E-state index < -0.39 is 0 Å². The van der Waals surface area contributed by atoms with Gasteiger partial charge in [0.2, 0.25) is 5.78 Å². The van der Waals surface area contributed by atoms with E-state index in [-0.39, 0.29) is 11.5 Å². The van der Waals surface area contributed by atoms with Gasteiger partial charge in [0.05, 0.1) is 11.1 Å². The lowest BCUT2D eigenvalue weighted by Crippen LogP contribution is -2.38. The number of likely N-dealkylation sites (tertiary alicyclic amines) is 1. The molecule has 0 spiro atoms. The number of phenolic OH excluding ortho intramolecular Hbond substituents is 1. The Morgan fingerprint density at radius 1 is 1.19 bits per heavy atom. The van der Waals surface area contributed by atoms with Crippen LogP contribution in [0.4, 0.5) is 0 Å². The third kappa shape index (κ3) is 3.51. The lowest BCUT2D eigenvalue weighted by atomic mass is 9.91. The summed E-state index contributed by atoms with van der Waals surface area (Å²) in [5, 5.41) is 11.9. The minimum atomic E-state index is -0.118. The quantitative estimate of drug-likeness (QED) is 0.574. The Morgan fingerprint density at radius 3 is 2.66 bits per heavy atom. The number of rotatable bonds is 3. The van der Waals surface area contributed by atoms with Gasteiger partial charge in [0.15, 0.2) is 5.76 Å². The molecule has 32 heavy (non-hydrogen) atoms. The second-order valence-corrected chi connectivity index (χ2v) is 9.69. The first-order valence-corrected chi connectivity index (χ1v) is 11.4. The minimum Gasteiger partial charge on any atom is -0.507 e. The van der Waals surface area contributed by atoms with Crippen molar-refractivity contribution in [2.24, 2.45) is 18.9 Å². The molecule has 5 heteroatoms. The van der Waals surface area contributed by atoms with Crippen LogP contribution in [0.25, 0.3) is 17.0 Å². The van der Waals surface area contributed by atoms with E-state index >= 15 is 0 Å². The Kier molecular flexibility index (Phi) is 5.09. The second-order valence-electron chi connectivity index (χ2n) is 9.69. The lowest BCUT2D eigenvalue weighted by molar-refractivity contribution is 0.101. The highest BCUT2D eigenvalue weighted by molar-refractivity contribution is 6.16. The van der Waals surface area contributed by atoms with E-state index in [0.717, 1.165) is 35.1 Å². The molecule has 3 heterocycles. The van der Waals surface area contributed by atoms with Crippen LogP contribution in [0.15, 0.2) is 42.3 Å². The molecule has 0 saturated carbocycles. The van der Waals surface area contributed by atoms with Crippen molar-refractivity contribution < 1.29 is 14.6 Å². The summed E-state index contributed by atoms with van der Waals surface area (Å²) in [7, 11) is 2.00. The fraction of sp³-hybridized carbons (Fsp3) is 0.370. The van der Waals surface area contributed by atoms with E-state index in [1.165, 1.54) is 6.42 Å². The molecule has 1 fully saturated rings. The van der Waals surface area contributed by atoms with E-state index in [9.17, 15) is 9.90 Å². The summed E-state index contributed by atoms with van der Waals surface area (Å²) in [6.07, 6.45) is 5.07. The zero-order valence-electron chi connectivity index (χ0n) is 19.2. The van der Waals surface area contributed by atoms with E-state index in [1.54, 1.807) is 6.07 Å². The number of carbonyl (C=O) groups is 1. The van der Waals surface area contributed by atoms with Gasteiger partial charge in [0.1, 0.15) is 11.5 Å². The number of ketones is 1. The predicted molar refractivity (Wildman–Crippen MR) is 127 cm³/mol. The highest BCUT2D eigenvalue weighted by atomic mass is 16.5. The van der Waals surface area contributed by atoms with Crippen molar-refractivity contribution in [3.05, 3.63) is 64.5 Å².